The maximum atomic E-state index is 12.0. The number of halogens is 3. The molecule has 0 aliphatic carbocycles. The molecular formula is C39H52BrCl2N11O10. The summed E-state index contributed by atoms with van der Waals surface area (Å²) >= 11 is 15.1. The summed E-state index contributed by atoms with van der Waals surface area (Å²) in [5, 5.41) is 1.33. The van der Waals surface area contributed by atoms with Gasteiger partial charge in [-0.1, -0.05) is 27.5 Å². The van der Waals surface area contributed by atoms with Gasteiger partial charge in [0.15, 0.2) is 22.0 Å². The highest BCUT2D eigenvalue weighted by molar-refractivity contribution is 9.09. The Morgan fingerprint density at radius 3 is 1.70 bits per heavy atom. The van der Waals surface area contributed by atoms with Crippen LogP contribution in [0, 0.1) is 13.8 Å². The van der Waals surface area contributed by atoms with Crippen LogP contribution >= 0.6 is 39.1 Å². The van der Waals surface area contributed by atoms with Crippen LogP contribution in [0.2, 0.25) is 10.4 Å². The van der Waals surface area contributed by atoms with E-state index in [0.717, 1.165) is 42.5 Å². The second-order valence-electron chi connectivity index (χ2n) is 14.0. The van der Waals surface area contributed by atoms with E-state index in [1.54, 1.807) is 25.6 Å². The Bertz CT molecular complexity index is 2680. The third-order valence-electron chi connectivity index (χ3n) is 9.51. The average molecular weight is 986 g/mol. The minimum Gasteiger partial charge on any atom is -0.469 e. The van der Waals surface area contributed by atoms with Crippen LogP contribution in [-0.2, 0) is 62.2 Å². The van der Waals surface area contributed by atoms with Crippen molar-refractivity contribution in [2.45, 2.75) is 98.1 Å². The fraction of sp³-hybridized carbons (Fsp3) is 0.538. The standard InChI is InChI=1S/C13H18N4O4.C12H14Cl2N4O2.C8H9N3O2.C6H11BrO2/c1-8-14-11-10(12(19)15-13(20)16(11)2)17(8)7-5-4-6-9(18)21-3;1-7-15-11-9(10(13)16-12(14)17-11)18(7)6-4-3-5-8(19)20-2;1-4-3-5-6(9-4)11(2)8(13)10-7(5)12;1-9-6(8)4-2-3-5-7/h4-7H2,1-3H3,(H,15,19,20);3-6H2,1-2H3;3H2,1-2H3,(H,10,12,13);2-5H2,1H3. The van der Waals surface area contributed by atoms with Crippen molar-refractivity contribution in [3.63, 3.8) is 0 Å². The van der Waals surface area contributed by atoms with Gasteiger partial charge in [-0.3, -0.25) is 43.1 Å². The van der Waals surface area contributed by atoms with Crippen molar-refractivity contribution in [1.29, 1.82) is 0 Å². The van der Waals surface area contributed by atoms with Crippen molar-refractivity contribution in [3.05, 3.63) is 69.3 Å². The molecule has 0 bridgehead atoms. The topological polar surface area (TPSA) is 262 Å². The molecule has 0 radical (unpaired) electrons. The van der Waals surface area contributed by atoms with Crippen molar-refractivity contribution in [3.8, 4) is 0 Å². The summed E-state index contributed by atoms with van der Waals surface area (Å²) in [4.78, 5) is 104. The van der Waals surface area contributed by atoms with Crippen LogP contribution in [-0.4, -0.2) is 98.5 Å². The van der Waals surface area contributed by atoms with Crippen LogP contribution in [0.4, 0.5) is 5.82 Å². The summed E-state index contributed by atoms with van der Waals surface area (Å²) < 4.78 is 20.0. The first-order chi connectivity index (χ1) is 29.9. The minimum absolute atomic E-state index is 0.0813. The van der Waals surface area contributed by atoms with Gasteiger partial charge in [0.05, 0.1) is 26.9 Å². The molecule has 0 spiro atoms. The summed E-state index contributed by atoms with van der Waals surface area (Å²) in [6.45, 7) is 6.73. The van der Waals surface area contributed by atoms with E-state index in [2.05, 4.69) is 65.0 Å². The number of aromatic amines is 2. The molecule has 0 saturated heterocycles. The molecule has 0 aromatic carbocycles. The number of nitrogens with zero attached hydrogens (tertiary/aromatic N) is 9. The summed E-state index contributed by atoms with van der Waals surface area (Å²) in [7, 11) is 7.32. The highest BCUT2D eigenvalue weighted by atomic mass is 79.9. The summed E-state index contributed by atoms with van der Waals surface area (Å²) in [6, 6.07) is 0. The zero-order chi connectivity index (χ0) is 47.0. The molecule has 63 heavy (non-hydrogen) atoms. The SMILES string of the molecule is CC1=Nc2c(c(=O)[nH]c(=O)n2C)C1.COC(=O)CCCCBr.COC(=O)CCCCn1c(C)nc2c1c(=O)[nH]c(=O)n2C.COC(=O)CCCCn1c(C)nc2nc(Cl)nc(Cl)c21. The first-order valence-electron chi connectivity index (χ1n) is 19.7. The zero-order valence-corrected chi connectivity index (χ0v) is 39.5. The highest BCUT2D eigenvalue weighted by Crippen LogP contribution is 2.24. The van der Waals surface area contributed by atoms with Crippen molar-refractivity contribution < 1.29 is 28.6 Å². The van der Waals surface area contributed by atoms with E-state index in [0.29, 0.717) is 91.1 Å². The number of ether oxygens (including phenoxy) is 3. The molecule has 5 aromatic rings. The van der Waals surface area contributed by atoms with Gasteiger partial charge in [0.25, 0.3) is 11.1 Å². The average Bonchev–Trinajstić information content (AvgIpc) is 3.91. The van der Waals surface area contributed by atoms with E-state index in [4.69, 9.17) is 23.2 Å². The normalized spacial score (nSPS) is 11.4. The van der Waals surface area contributed by atoms with Crippen molar-refractivity contribution in [2.75, 3.05) is 26.7 Å². The Morgan fingerprint density at radius 2 is 1.16 bits per heavy atom. The second kappa shape index (κ2) is 25.0. The number of fused-ring (bicyclic) bond motifs is 3. The van der Waals surface area contributed by atoms with Gasteiger partial charge in [-0.25, -0.2) is 29.5 Å². The van der Waals surface area contributed by atoms with Gasteiger partial charge < -0.3 is 23.3 Å². The molecule has 2 N–H and O–H groups in total. The number of imidazole rings is 2. The Hall–Kier alpha value is -5.48. The van der Waals surface area contributed by atoms with Gasteiger partial charge in [0.2, 0.25) is 5.28 Å². The molecule has 0 atom stereocenters. The Morgan fingerprint density at radius 1 is 0.667 bits per heavy atom. The number of nitrogens with one attached hydrogen (secondary N) is 2. The number of esters is 3. The molecule has 5 aromatic heterocycles. The van der Waals surface area contributed by atoms with E-state index in [-0.39, 0.29) is 33.9 Å². The van der Waals surface area contributed by atoms with Crippen molar-refractivity contribution in [2.24, 2.45) is 19.1 Å². The van der Waals surface area contributed by atoms with Gasteiger partial charge in [-0.15, -0.1) is 0 Å². The van der Waals surface area contributed by atoms with Gasteiger partial charge in [-0.2, -0.15) is 4.98 Å². The zero-order valence-electron chi connectivity index (χ0n) is 36.4. The second-order valence-corrected chi connectivity index (χ2v) is 15.5. The van der Waals surface area contributed by atoms with E-state index >= 15 is 0 Å². The van der Waals surface area contributed by atoms with E-state index < -0.39 is 16.9 Å². The monoisotopic (exact) mass is 983 g/mol. The van der Waals surface area contributed by atoms with Crippen LogP contribution in [0.15, 0.2) is 24.2 Å². The largest absolute Gasteiger partial charge is 0.469 e. The molecular weight excluding hydrogens is 933 g/mol. The number of hydrogen-bond acceptors (Lipinski definition) is 15. The third-order valence-corrected chi connectivity index (χ3v) is 10.5. The minimum atomic E-state index is -0.483. The van der Waals surface area contributed by atoms with Gasteiger partial charge in [0, 0.05) is 63.9 Å². The number of rotatable bonds is 14. The molecule has 344 valence electrons. The number of aromatic nitrogens is 10. The lowest BCUT2D eigenvalue weighted by Crippen LogP contribution is -2.29. The predicted octanol–water partition coefficient (Wildman–Crippen LogP) is 4.31. The molecule has 0 amide bonds. The molecule has 0 saturated carbocycles. The van der Waals surface area contributed by atoms with Crippen molar-refractivity contribution in [1.82, 2.24) is 48.2 Å². The number of carbonyl (C=O) groups is 3. The van der Waals surface area contributed by atoms with Crippen LogP contribution in [0.3, 0.4) is 0 Å². The summed E-state index contributed by atoms with van der Waals surface area (Å²) in [6.07, 6.45) is 6.69. The smallest absolute Gasteiger partial charge is 0.329 e. The van der Waals surface area contributed by atoms with E-state index in [1.807, 2.05) is 18.4 Å². The van der Waals surface area contributed by atoms with Crippen LogP contribution in [0.25, 0.3) is 22.3 Å². The molecule has 21 nitrogen and oxygen atoms in total. The lowest BCUT2D eigenvalue weighted by molar-refractivity contribution is -0.141. The number of unbranched alkanes of at least 4 members (excludes halogenated alkanes) is 3. The lowest BCUT2D eigenvalue weighted by Gasteiger charge is -2.07. The Balaban J connectivity index is 0.000000234. The van der Waals surface area contributed by atoms with Crippen molar-refractivity contribution >= 4 is 90.9 Å². The molecule has 0 unspecified atom stereocenters. The number of hydrogen-bond donors (Lipinski definition) is 2. The maximum Gasteiger partial charge on any atom is 0.329 e. The first kappa shape index (κ1) is 51.9. The predicted molar refractivity (Wildman–Crippen MR) is 241 cm³/mol. The summed E-state index contributed by atoms with van der Waals surface area (Å²) in [5.74, 6) is 1.38. The maximum absolute atomic E-state index is 12.0. The summed E-state index contributed by atoms with van der Waals surface area (Å²) in [5.41, 5.74) is 1.70. The molecule has 6 heterocycles. The first-order valence-corrected chi connectivity index (χ1v) is 21.6. The fourth-order valence-electron chi connectivity index (χ4n) is 6.15. The van der Waals surface area contributed by atoms with Crippen LogP contribution in [0.5, 0.6) is 0 Å². The van der Waals surface area contributed by atoms with Gasteiger partial charge in [-0.05, 0) is 70.9 Å². The quantitative estimate of drug-likeness (QED) is 0.0393. The number of methoxy groups -OCH3 is 3. The molecule has 0 fully saturated rings. The number of aliphatic imine (C=N–C) groups is 1. The van der Waals surface area contributed by atoms with Gasteiger partial charge in [0.1, 0.15) is 23.0 Å². The van der Waals surface area contributed by atoms with E-state index in [1.165, 1.54) is 30.5 Å². The van der Waals surface area contributed by atoms with Crippen LogP contribution in [0.1, 0.15) is 81.9 Å². The molecule has 24 heteroatoms. The number of H-pyrrole nitrogens is 2. The molecule has 1 aliphatic heterocycles. The van der Waals surface area contributed by atoms with Gasteiger partial charge >= 0.3 is 29.3 Å². The molecule has 6 rings (SSSR count). The number of aryl methyl sites for hydroxylation is 5. The number of carbonyl (C=O) groups excluding carboxylic acids is 3. The number of alkyl halides is 1. The fourth-order valence-corrected chi connectivity index (χ4v) is 7.02. The third kappa shape index (κ3) is 14.5. The highest BCUT2D eigenvalue weighted by Gasteiger charge is 2.19. The molecule has 1 aliphatic rings. The van der Waals surface area contributed by atoms with Crippen LogP contribution < -0.4 is 22.5 Å². The van der Waals surface area contributed by atoms with E-state index in [9.17, 15) is 33.6 Å². The Labute approximate surface area is 379 Å². The lowest BCUT2D eigenvalue weighted by atomic mass is 10.2. The Kier molecular flexibility index (Phi) is 20.6.